The van der Waals surface area contributed by atoms with Gasteiger partial charge in [-0.1, -0.05) is 0 Å². The highest BCUT2D eigenvalue weighted by Crippen LogP contribution is 2.34. The number of ether oxygens (including phenoxy) is 1. The summed E-state index contributed by atoms with van der Waals surface area (Å²) in [5.41, 5.74) is 6.19. The molecule has 1 aliphatic rings. The second kappa shape index (κ2) is 7.65. The van der Waals surface area contributed by atoms with Crippen LogP contribution in [0.25, 0.3) is 11.2 Å². The molecule has 3 heterocycles. The van der Waals surface area contributed by atoms with Gasteiger partial charge in [-0.25, -0.2) is 15.0 Å². The molecule has 0 unspecified atom stereocenters. The first-order valence-electron chi connectivity index (χ1n) is 6.39. The maximum absolute atomic E-state index is 10.5. The topological polar surface area (TPSA) is 265 Å². The third-order valence-electron chi connectivity index (χ3n) is 3.40. The highest BCUT2D eigenvalue weighted by atomic mass is 31.2. The fourth-order valence-electron chi connectivity index (χ4n) is 2.32. The molecule has 142 valence electrons. The number of rotatable bonds is 4. The lowest BCUT2D eigenvalue weighted by Crippen LogP contribution is -2.34. The monoisotopic (exact) mass is 383 g/mol. The first kappa shape index (κ1) is 21.3. The fourth-order valence-corrected chi connectivity index (χ4v) is 2.65. The molecular weight excluding hydrogens is 363 g/mol. The molecule has 0 aliphatic carbocycles. The molecule has 1 saturated heterocycles. The van der Waals surface area contributed by atoms with Gasteiger partial charge in [0.15, 0.2) is 17.7 Å². The number of quaternary nitrogens is 2. The van der Waals surface area contributed by atoms with E-state index in [4.69, 9.17) is 10.5 Å². The van der Waals surface area contributed by atoms with Crippen molar-refractivity contribution in [3.8, 4) is 0 Å². The Kier molecular flexibility index (Phi) is 6.52. The number of phosphoric acid groups is 1. The van der Waals surface area contributed by atoms with E-state index in [1.165, 1.54) is 17.2 Å². The standard InChI is InChI=1S/C10H14N5O7P.2H3N/c11-8-5-9(13-2-12-8)15(3-14-5)10-7(17)6(16)4(22-10)1-21-23(18,19)20;;/h2-4,6-7,10,16-17H,1H2,(H2,11,12,13)(H2,18,19,20);2*1H3/t4-,6-,7-,10-;;/m1../s1/i3+2;;. The van der Waals surface area contributed by atoms with Gasteiger partial charge in [0.2, 0.25) is 0 Å². The van der Waals surface area contributed by atoms with Crippen molar-refractivity contribution in [1.29, 1.82) is 0 Å². The number of phosphoric ester groups is 1. The molecule has 0 saturated carbocycles. The Morgan fingerprint density at radius 3 is 2.68 bits per heavy atom. The van der Waals surface area contributed by atoms with Crippen LogP contribution in [0.2, 0.25) is 0 Å². The van der Waals surface area contributed by atoms with Crippen LogP contribution in [0.5, 0.6) is 0 Å². The minimum Gasteiger partial charge on any atom is -0.790 e. The highest BCUT2D eigenvalue weighted by Gasteiger charge is 2.44. The summed E-state index contributed by atoms with van der Waals surface area (Å²) in [6, 6.07) is 0. The number of anilines is 1. The van der Waals surface area contributed by atoms with Gasteiger partial charge in [-0.2, -0.15) is 0 Å². The van der Waals surface area contributed by atoms with Crippen molar-refractivity contribution in [2.75, 3.05) is 12.3 Å². The SMILES string of the molecule is Nc1ncnc2c1n[14cH]n2[C@@H]1O[C@H](COP(=O)([O-])[O-])[C@@H](O)[C@H]1O.[NH4+].[NH4+]. The van der Waals surface area contributed by atoms with Gasteiger partial charge >= 0.3 is 0 Å². The molecule has 25 heavy (non-hydrogen) atoms. The van der Waals surface area contributed by atoms with E-state index in [9.17, 15) is 24.6 Å². The van der Waals surface area contributed by atoms with E-state index >= 15 is 0 Å². The summed E-state index contributed by atoms with van der Waals surface area (Å²) in [5, 5.41) is 20.0. The van der Waals surface area contributed by atoms with Crippen LogP contribution in [0, 0.1) is 0 Å². The Morgan fingerprint density at radius 2 is 2.04 bits per heavy atom. The van der Waals surface area contributed by atoms with Gasteiger partial charge in [0.05, 0.1) is 20.8 Å². The number of hydrogen-bond donors (Lipinski definition) is 5. The lowest BCUT2D eigenvalue weighted by Gasteiger charge is -2.30. The van der Waals surface area contributed by atoms with E-state index in [0.717, 1.165) is 0 Å². The maximum Gasteiger partial charge on any atom is 0.167 e. The van der Waals surface area contributed by atoms with Crippen LogP contribution in [-0.4, -0.2) is 54.7 Å². The molecule has 14 nitrogen and oxygen atoms in total. The highest BCUT2D eigenvalue weighted by molar-refractivity contribution is 7.43. The van der Waals surface area contributed by atoms with E-state index in [2.05, 4.69) is 19.5 Å². The van der Waals surface area contributed by atoms with Crippen molar-refractivity contribution < 1.29 is 33.8 Å². The van der Waals surface area contributed by atoms with Crippen LogP contribution in [0.3, 0.4) is 0 Å². The maximum atomic E-state index is 10.5. The summed E-state index contributed by atoms with van der Waals surface area (Å²) in [5.74, 6) is 0.125. The van der Waals surface area contributed by atoms with Gasteiger partial charge in [0, 0.05) is 0 Å². The van der Waals surface area contributed by atoms with Gasteiger partial charge in [-0.05, 0) is 0 Å². The molecule has 0 aromatic carbocycles. The first-order chi connectivity index (χ1) is 10.8. The van der Waals surface area contributed by atoms with Crippen LogP contribution in [0.1, 0.15) is 6.23 Å². The number of hydrogen-bond acceptors (Lipinski definition) is 11. The van der Waals surface area contributed by atoms with E-state index in [0.29, 0.717) is 0 Å². The predicted molar refractivity (Wildman–Crippen MR) is 81.2 cm³/mol. The summed E-state index contributed by atoms with van der Waals surface area (Å²) in [6.45, 7) is -0.719. The van der Waals surface area contributed by atoms with Crippen LogP contribution in [0.4, 0.5) is 5.82 Å². The number of aliphatic hydroxyl groups excluding tert-OH is 2. The number of aliphatic hydroxyl groups is 2. The molecule has 0 bridgehead atoms. The Morgan fingerprint density at radius 1 is 1.36 bits per heavy atom. The van der Waals surface area contributed by atoms with Crippen LogP contribution < -0.4 is 27.8 Å². The second-order valence-corrected chi connectivity index (χ2v) is 6.02. The Balaban J connectivity index is 0.00000156. The zero-order chi connectivity index (χ0) is 16.8. The van der Waals surface area contributed by atoms with Gasteiger partial charge in [-0.3, -0.25) is 4.57 Å². The minimum absolute atomic E-state index is 0. The van der Waals surface area contributed by atoms with Crippen molar-refractivity contribution in [3.05, 3.63) is 12.7 Å². The van der Waals surface area contributed by atoms with Crippen LogP contribution in [-0.2, 0) is 13.8 Å². The molecule has 2 aromatic heterocycles. The number of nitrogen functional groups attached to an aromatic ring is 1. The zero-order valence-corrected chi connectivity index (χ0v) is 14.3. The molecular formula is C10H20N7O7P. The summed E-state index contributed by atoms with van der Waals surface area (Å²) in [6.07, 6.45) is -2.75. The average molecular weight is 383 g/mol. The van der Waals surface area contributed by atoms with Crippen molar-refractivity contribution in [2.45, 2.75) is 24.5 Å². The van der Waals surface area contributed by atoms with E-state index in [-0.39, 0.29) is 29.3 Å². The third-order valence-corrected chi connectivity index (χ3v) is 3.86. The smallest absolute Gasteiger partial charge is 0.167 e. The number of fused-ring (bicyclic) bond motifs is 1. The molecule has 1 aliphatic heterocycles. The van der Waals surface area contributed by atoms with E-state index in [1.807, 2.05) is 0 Å². The van der Waals surface area contributed by atoms with Gasteiger partial charge in [0.25, 0.3) is 0 Å². The average Bonchev–Trinajstić information content (AvgIpc) is 3.01. The second-order valence-electron chi connectivity index (χ2n) is 4.87. The summed E-state index contributed by atoms with van der Waals surface area (Å²) >= 11 is 0. The molecule has 0 radical (unpaired) electrons. The molecule has 4 atom stereocenters. The largest absolute Gasteiger partial charge is 0.790 e. The summed E-state index contributed by atoms with van der Waals surface area (Å²) in [7, 11) is -5.22. The van der Waals surface area contributed by atoms with Gasteiger partial charge < -0.3 is 51.9 Å². The van der Waals surface area contributed by atoms with Crippen LogP contribution >= 0.6 is 7.82 Å². The van der Waals surface area contributed by atoms with Crippen LogP contribution in [0.15, 0.2) is 12.7 Å². The number of nitrogens with zero attached hydrogens (tertiary/aromatic N) is 4. The molecule has 2 aromatic rings. The van der Waals surface area contributed by atoms with E-state index < -0.39 is 39.0 Å². The Labute approximate surface area is 141 Å². The zero-order valence-electron chi connectivity index (χ0n) is 13.4. The lowest BCUT2D eigenvalue weighted by molar-refractivity contribution is -0.343. The minimum atomic E-state index is -5.22. The fraction of sp³-hybridized carbons (Fsp3) is 0.500. The lowest BCUT2D eigenvalue weighted by atomic mass is 10.1. The predicted octanol–water partition coefficient (Wildman–Crippen LogP) is -2.37. The third kappa shape index (κ3) is 4.09. The molecule has 0 spiro atoms. The van der Waals surface area contributed by atoms with Crippen molar-refractivity contribution in [3.63, 3.8) is 0 Å². The van der Waals surface area contributed by atoms with Crippen molar-refractivity contribution in [1.82, 2.24) is 31.8 Å². The Bertz CT molecular complexity index is 767. The first-order valence-corrected chi connectivity index (χ1v) is 7.85. The van der Waals surface area contributed by atoms with Gasteiger partial charge in [0.1, 0.15) is 30.2 Å². The normalized spacial score (nSPS) is 26.2. The Hall–Kier alpha value is -1.74. The van der Waals surface area contributed by atoms with Crippen molar-refractivity contribution in [2.24, 2.45) is 0 Å². The quantitative estimate of drug-likeness (QED) is 0.348. The molecule has 0 amide bonds. The summed E-state index contributed by atoms with van der Waals surface area (Å²) in [4.78, 5) is 32.8. The number of imidazole rings is 1. The van der Waals surface area contributed by atoms with Crippen molar-refractivity contribution >= 4 is 24.8 Å². The van der Waals surface area contributed by atoms with Gasteiger partial charge in [-0.15, -0.1) is 0 Å². The number of aromatic nitrogens is 4. The molecule has 12 N–H and O–H groups in total. The summed E-state index contributed by atoms with van der Waals surface area (Å²) < 4.78 is 21.3. The molecule has 1 fully saturated rings. The van der Waals surface area contributed by atoms with E-state index in [1.54, 1.807) is 0 Å². The number of nitrogens with two attached hydrogens (primary N) is 1. The molecule has 15 heteroatoms. The molecule has 3 rings (SSSR count).